The summed E-state index contributed by atoms with van der Waals surface area (Å²) in [6.45, 7) is 5.22. The van der Waals surface area contributed by atoms with Crippen LogP contribution in [0.3, 0.4) is 0 Å². The maximum absolute atomic E-state index is 12.5. The first-order valence-corrected chi connectivity index (χ1v) is 8.52. The van der Waals surface area contributed by atoms with Crippen molar-refractivity contribution in [3.63, 3.8) is 0 Å². The molecule has 6 nitrogen and oxygen atoms in total. The molecule has 0 aromatic rings. The minimum atomic E-state index is -3.23. The highest BCUT2D eigenvalue weighted by molar-refractivity contribution is 7.86. The molecule has 2 aliphatic heterocycles. The molecule has 0 atom stereocenters. The summed E-state index contributed by atoms with van der Waals surface area (Å²) < 4.78 is 28.4. The lowest BCUT2D eigenvalue weighted by molar-refractivity contribution is 0.200. The van der Waals surface area contributed by atoms with Crippen LogP contribution >= 0.6 is 0 Å². The van der Waals surface area contributed by atoms with Crippen LogP contribution < -0.4 is 5.32 Å². The van der Waals surface area contributed by atoms with Crippen LogP contribution in [0.4, 0.5) is 0 Å². The predicted molar refractivity (Wildman–Crippen MR) is 76.2 cm³/mol. The molecule has 0 bridgehead atoms. The summed E-state index contributed by atoms with van der Waals surface area (Å²) in [4.78, 5) is 2.17. The largest absolute Gasteiger partial charge is 0.319 e. The van der Waals surface area contributed by atoms with E-state index in [0.29, 0.717) is 32.1 Å². The second kappa shape index (κ2) is 6.49. The van der Waals surface area contributed by atoms with Crippen LogP contribution in [-0.2, 0) is 10.2 Å². The SMILES string of the molecule is CNCC1CCN(S(=O)(=O)N2CCN(C)CC2)CC1. The zero-order chi connectivity index (χ0) is 13.9. The molecule has 2 saturated heterocycles. The van der Waals surface area contributed by atoms with Gasteiger partial charge < -0.3 is 10.2 Å². The Kier molecular flexibility index (Phi) is 5.19. The lowest BCUT2D eigenvalue weighted by atomic mass is 9.98. The Balaban J connectivity index is 1.90. The Morgan fingerprint density at radius 3 is 2.05 bits per heavy atom. The molecular weight excluding hydrogens is 264 g/mol. The maximum Gasteiger partial charge on any atom is 0.282 e. The summed E-state index contributed by atoms with van der Waals surface area (Å²) in [6, 6.07) is 0. The molecule has 0 aliphatic carbocycles. The second-order valence-corrected chi connectivity index (χ2v) is 7.54. The van der Waals surface area contributed by atoms with Gasteiger partial charge in [0.25, 0.3) is 10.2 Å². The second-order valence-electron chi connectivity index (χ2n) is 5.61. The van der Waals surface area contributed by atoms with Gasteiger partial charge >= 0.3 is 0 Å². The molecule has 112 valence electrons. The molecular formula is C12H26N4O2S. The third-order valence-corrected chi connectivity index (χ3v) is 6.22. The zero-order valence-electron chi connectivity index (χ0n) is 12.0. The van der Waals surface area contributed by atoms with E-state index in [0.717, 1.165) is 32.5 Å². The van der Waals surface area contributed by atoms with Crippen molar-refractivity contribution in [1.82, 2.24) is 18.8 Å². The molecule has 2 fully saturated rings. The number of hydrogen-bond acceptors (Lipinski definition) is 4. The van der Waals surface area contributed by atoms with Crippen LogP contribution in [0, 0.1) is 5.92 Å². The molecule has 0 aromatic heterocycles. The van der Waals surface area contributed by atoms with Crippen molar-refractivity contribution in [3.8, 4) is 0 Å². The summed E-state index contributed by atoms with van der Waals surface area (Å²) in [5, 5.41) is 3.18. The Bertz CT molecular complexity index is 371. The van der Waals surface area contributed by atoms with Gasteiger partial charge in [-0.1, -0.05) is 0 Å². The van der Waals surface area contributed by atoms with Crippen LogP contribution in [-0.4, -0.2) is 81.8 Å². The van der Waals surface area contributed by atoms with Gasteiger partial charge in [0.1, 0.15) is 0 Å². The standard InChI is InChI=1S/C12H26N4O2S/c1-13-11-12-3-5-15(6-4-12)19(17,18)16-9-7-14(2)8-10-16/h12-13H,3-11H2,1-2H3. The van der Waals surface area contributed by atoms with E-state index >= 15 is 0 Å². The van der Waals surface area contributed by atoms with Gasteiger partial charge in [-0.25, -0.2) is 0 Å². The van der Waals surface area contributed by atoms with E-state index < -0.39 is 10.2 Å². The van der Waals surface area contributed by atoms with Crippen LogP contribution in [0.1, 0.15) is 12.8 Å². The van der Waals surface area contributed by atoms with Gasteiger partial charge in [-0.2, -0.15) is 17.0 Å². The van der Waals surface area contributed by atoms with Crippen LogP contribution in [0.5, 0.6) is 0 Å². The molecule has 0 radical (unpaired) electrons. The Morgan fingerprint density at radius 1 is 1.00 bits per heavy atom. The third kappa shape index (κ3) is 3.66. The minimum absolute atomic E-state index is 0.615. The fraction of sp³-hybridized carbons (Fsp3) is 1.00. The summed E-state index contributed by atoms with van der Waals surface area (Å²) in [6.07, 6.45) is 1.93. The molecule has 0 saturated carbocycles. The molecule has 0 amide bonds. The summed E-state index contributed by atoms with van der Waals surface area (Å²) in [7, 11) is 0.759. The number of likely N-dealkylation sites (N-methyl/N-ethyl adjacent to an activating group) is 1. The van der Waals surface area contributed by atoms with Gasteiger partial charge in [0.2, 0.25) is 0 Å². The molecule has 2 aliphatic rings. The fourth-order valence-electron chi connectivity index (χ4n) is 2.81. The zero-order valence-corrected chi connectivity index (χ0v) is 12.8. The average molecular weight is 290 g/mol. The highest BCUT2D eigenvalue weighted by Crippen LogP contribution is 2.21. The van der Waals surface area contributed by atoms with Crippen molar-refractivity contribution in [2.75, 3.05) is 59.9 Å². The molecule has 19 heavy (non-hydrogen) atoms. The van der Waals surface area contributed by atoms with Gasteiger partial charge in [0, 0.05) is 39.3 Å². The highest BCUT2D eigenvalue weighted by atomic mass is 32.2. The van der Waals surface area contributed by atoms with E-state index in [9.17, 15) is 8.42 Å². The average Bonchev–Trinajstić information content (AvgIpc) is 2.40. The molecule has 7 heteroatoms. The number of piperidine rings is 1. The van der Waals surface area contributed by atoms with Crippen molar-refractivity contribution < 1.29 is 8.42 Å². The van der Waals surface area contributed by atoms with E-state index in [1.807, 2.05) is 14.1 Å². The maximum atomic E-state index is 12.5. The van der Waals surface area contributed by atoms with E-state index in [2.05, 4.69) is 10.2 Å². The summed E-state index contributed by atoms with van der Waals surface area (Å²) in [5.41, 5.74) is 0. The number of rotatable bonds is 4. The molecule has 2 heterocycles. The lowest BCUT2D eigenvalue weighted by Crippen LogP contribution is -2.53. The van der Waals surface area contributed by atoms with E-state index in [1.165, 1.54) is 0 Å². The van der Waals surface area contributed by atoms with Crippen molar-refractivity contribution in [2.24, 2.45) is 5.92 Å². The third-order valence-electron chi connectivity index (χ3n) is 4.18. The normalized spacial score (nSPS) is 25.8. The molecule has 0 unspecified atom stereocenters. The van der Waals surface area contributed by atoms with Gasteiger partial charge in [-0.3, -0.25) is 0 Å². The van der Waals surface area contributed by atoms with E-state index in [4.69, 9.17) is 0 Å². The molecule has 0 spiro atoms. The van der Waals surface area contributed by atoms with Gasteiger partial charge in [0.15, 0.2) is 0 Å². The van der Waals surface area contributed by atoms with Crippen molar-refractivity contribution >= 4 is 10.2 Å². The first-order chi connectivity index (χ1) is 9.04. The Labute approximate surface area is 116 Å². The molecule has 2 rings (SSSR count). The van der Waals surface area contributed by atoms with E-state index in [1.54, 1.807) is 8.61 Å². The number of piperazine rings is 1. The fourth-order valence-corrected chi connectivity index (χ4v) is 4.44. The molecule has 0 aromatic carbocycles. The first kappa shape index (κ1) is 15.2. The number of hydrogen-bond donors (Lipinski definition) is 1. The van der Waals surface area contributed by atoms with Gasteiger partial charge in [-0.05, 0) is 39.4 Å². The minimum Gasteiger partial charge on any atom is -0.319 e. The number of nitrogens with one attached hydrogen (secondary N) is 1. The predicted octanol–water partition coefficient (Wildman–Crippen LogP) is -0.590. The quantitative estimate of drug-likeness (QED) is 0.752. The Morgan fingerprint density at radius 2 is 1.53 bits per heavy atom. The summed E-state index contributed by atoms with van der Waals surface area (Å²) in [5.74, 6) is 0.615. The van der Waals surface area contributed by atoms with E-state index in [-0.39, 0.29) is 0 Å². The van der Waals surface area contributed by atoms with Crippen LogP contribution in [0.25, 0.3) is 0 Å². The smallest absolute Gasteiger partial charge is 0.282 e. The van der Waals surface area contributed by atoms with Gasteiger partial charge in [0.05, 0.1) is 0 Å². The lowest BCUT2D eigenvalue weighted by Gasteiger charge is -2.38. The van der Waals surface area contributed by atoms with Crippen molar-refractivity contribution in [2.45, 2.75) is 12.8 Å². The molecule has 1 N–H and O–H groups in total. The first-order valence-electron chi connectivity index (χ1n) is 7.12. The van der Waals surface area contributed by atoms with Crippen molar-refractivity contribution in [3.05, 3.63) is 0 Å². The van der Waals surface area contributed by atoms with Crippen LogP contribution in [0.2, 0.25) is 0 Å². The highest BCUT2D eigenvalue weighted by Gasteiger charge is 2.33. The number of nitrogens with zero attached hydrogens (tertiary/aromatic N) is 3. The van der Waals surface area contributed by atoms with Crippen LogP contribution in [0.15, 0.2) is 0 Å². The monoisotopic (exact) mass is 290 g/mol. The topological polar surface area (TPSA) is 55.9 Å². The van der Waals surface area contributed by atoms with Crippen molar-refractivity contribution in [1.29, 1.82) is 0 Å². The Hall–Kier alpha value is -0.210. The van der Waals surface area contributed by atoms with Gasteiger partial charge in [-0.15, -0.1) is 0 Å². The summed E-state index contributed by atoms with van der Waals surface area (Å²) >= 11 is 0.